The Labute approximate surface area is 115 Å². The number of rotatable bonds is 4. The Kier molecular flexibility index (Phi) is 3.50. The van der Waals surface area contributed by atoms with Gasteiger partial charge in [0.15, 0.2) is 5.13 Å². The number of aromatic nitrogens is 3. The largest absolute Gasteiger partial charge is 0.378 e. The Balaban J connectivity index is 1.83. The molecule has 0 fully saturated rings. The molecule has 0 spiro atoms. The van der Waals surface area contributed by atoms with E-state index >= 15 is 0 Å². The monoisotopic (exact) mass is 279 g/mol. The third kappa shape index (κ3) is 2.36. The highest BCUT2D eigenvalue weighted by Crippen LogP contribution is 2.28. The lowest BCUT2D eigenvalue weighted by Gasteiger charge is -2.27. The van der Waals surface area contributed by atoms with Gasteiger partial charge in [0.25, 0.3) is 0 Å². The minimum atomic E-state index is 0.513. The van der Waals surface area contributed by atoms with Gasteiger partial charge in [-0.05, 0) is 0 Å². The van der Waals surface area contributed by atoms with Crippen molar-refractivity contribution in [3.05, 3.63) is 28.8 Å². The summed E-state index contributed by atoms with van der Waals surface area (Å²) in [5.74, 6) is 1.09. The molecule has 7 heteroatoms. The van der Waals surface area contributed by atoms with Crippen molar-refractivity contribution >= 4 is 16.5 Å². The van der Waals surface area contributed by atoms with Crippen LogP contribution >= 0.6 is 11.3 Å². The van der Waals surface area contributed by atoms with Crippen molar-refractivity contribution in [1.29, 1.82) is 0 Å². The number of methoxy groups -OCH3 is 1. The average Bonchev–Trinajstić information content (AvgIpc) is 3.04. The molecule has 2 aromatic heterocycles. The molecule has 0 aromatic carbocycles. The van der Waals surface area contributed by atoms with E-state index in [4.69, 9.17) is 10.5 Å². The fraction of sp³-hybridized carbons (Fsp3) is 0.500. The van der Waals surface area contributed by atoms with Gasteiger partial charge in [0.1, 0.15) is 5.82 Å². The molecule has 0 atom stereocenters. The summed E-state index contributed by atoms with van der Waals surface area (Å²) in [5, 5.41) is 1.02. The fourth-order valence-corrected chi connectivity index (χ4v) is 3.22. The molecule has 1 aliphatic rings. The van der Waals surface area contributed by atoms with Crippen LogP contribution in [0.2, 0.25) is 0 Å². The molecule has 0 amide bonds. The van der Waals surface area contributed by atoms with E-state index in [2.05, 4.69) is 19.4 Å². The third-order valence-electron chi connectivity index (χ3n) is 3.25. The number of hydrogen-bond acceptors (Lipinski definition) is 6. The second-order valence-corrected chi connectivity index (χ2v) is 5.52. The van der Waals surface area contributed by atoms with Crippen LogP contribution < -0.4 is 10.6 Å². The first kappa shape index (κ1) is 12.6. The number of thiazole rings is 1. The van der Waals surface area contributed by atoms with E-state index in [1.165, 1.54) is 0 Å². The second-order valence-electron chi connectivity index (χ2n) is 4.46. The van der Waals surface area contributed by atoms with Gasteiger partial charge in [-0.15, -0.1) is 11.3 Å². The van der Waals surface area contributed by atoms with Crippen molar-refractivity contribution < 1.29 is 4.74 Å². The maximum Gasteiger partial charge on any atom is 0.186 e. The number of hydrogen-bond donors (Lipinski definition) is 1. The zero-order chi connectivity index (χ0) is 13.2. The van der Waals surface area contributed by atoms with Crippen molar-refractivity contribution in [2.45, 2.75) is 26.2 Å². The molecular weight excluding hydrogens is 262 g/mol. The standard InChI is InChI=1S/C12H17N5OS/c1-18-8-9-10(6-13)19-12(15-9)17-5-4-16-3-2-14-11(16)7-17/h2-3H,4-8,13H2,1H3. The van der Waals surface area contributed by atoms with Crippen molar-refractivity contribution in [1.82, 2.24) is 14.5 Å². The molecule has 2 aromatic rings. The number of nitrogens with zero attached hydrogens (tertiary/aromatic N) is 4. The fourth-order valence-electron chi connectivity index (χ4n) is 2.25. The van der Waals surface area contributed by atoms with Gasteiger partial charge < -0.3 is 19.9 Å². The molecule has 0 unspecified atom stereocenters. The van der Waals surface area contributed by atoms with Crippen LogP contribution in [0.25, 0.3) is 0 Å². The topological polar surface area (TPSA) is 69.2 Å². The molecule has 102 valence electrons. The molecule has 1 aliphatic heterocycles. The summed E-state index contributed by atoms with van der Waals surface area (Å²) in [6.45, 7) is 3.74. The van der Waals surface area contributed by atoms with Crippen LogP contribution in [0, 0.1) is 0 Å². The van der Waals surface area contributed by atoms with E-state index in [1.807, 2.05) is 12.4 Å². The maximum absolute atomic E-state index is 5.76. The Morgan fingerprint density at radius 2 is 2.37 bits per heavy atom. The van der Waals surface area contributed by atoms with Crippen LogP contribution in [0.15, 0.2) is 12.4 Å². The normalized spacial score (nSPS) is 14.7. The summed E-state index contributed by atoms with van der Waals surface area (Å²) in [6.07, 6.45) is 3.87. The molecule has 0 saturated heterocycles. The summed E-state index contributed by atoms with van der Waals surface area (Å²) in [6, 6.07) is 0. The van der Waals surface area contributed by atoms with E-state index in [-0.39, 0.29) is 0 Å². The summed E-state index contributed by atoms with van der Waals surface area (Å²) >= 11 is 1.66. The van der Waals surface area contributed by atoms with Crippen molar-refractivity contribution in [2.75, 3.05) is 18.6 Å². The number of fused-ring (bicyclic) bond motifs is 1. The van der Waals surface area contributed by atoms with Gasteiger partial charge in [0, 0.05) is 44.0 Å². The van der Waals surface area contributed by atoms with Crippen LogP contribution in [0.1, 0.15) is 16.4 Å². The Morgan fingerprint density at radius 3 is 3.16 bits per heavy atom. The lowest BCUT2D eigenvalue weighted by atomic mass is 10.3. The molecule has 3 rings (SSSR count). The zero-order valence-electron chi connectivity index (χ0n) is 10.9. The maximum atomic E-state index is 5.76. The van der Waals surface area contributed by atoms with E-state index in [1.54, 1.807) is 18.4 Å². The van der Waals surface area contributed by atoms with Gasteiger partial charge in [0.2, 0.25) is 0 Å². The van der Waals surface area contributed by atoms with E-state index in [0.717, 1.165) is 41.2 Å². The van der Waals surface area contributed by atoms with E-state index in [0.29, 0.717) is 13.2 Å². The average molecular weight is 279 g/mol. The molecule has 0 bridgehead atoms. The number of imidazole rings is 1. The zero-order valence-corrected chi connectivity index (χ0v) is 11.7. The molecule has 6 nitrogen and oxygen atoms in total. The van der Waals surface area contributed by atoms with E-state index in [9.17, 15) is 0 Å². The van der Waals surface area contributed by atoms with Crippen LogP contribution in [-0.4, -0.2) is 28.2 Å². The van der Waals surface area contributed by atoms with Crippen molar-refractivity contribution in [3.8, 4) is 0 Å². The minimum Gasteiger partial charge on any atom is -0.378 e. The smallest absolute Gasteiger partial charge is 0.186 e. The minimum absolute atomic E-state index is 0.513. The Bertz CT molecular complexity index is 564. The molecule has 0 aliphatic carbocycles. The summed E-state index contributed by atoms with van der Waals surface area (Å²) in [7, 11) is 1.68. The molecule has 19 heavy (non-hydrogen) atoms. The first-order valence-corrected chi connectivity index (χ1v) is 7.06. The number of nitrogens with two attached hydrogens (primary N) is 1. The quantitative estimate of drug-likeness (QED) is 0.903. The summed E-state index contributed by atoms with van der Waals surface area (Å²) < 4.78 is 7.35. The highest BCUT2D eigenvalue weighted by Gasteiger charge is 2.21. The Morgan fingerprint density at radius 1 is 1.47 bits per heavy atom. The molecule has 0 saturated carbocycles. The van der Waals surface area contributed by atoms with Crippen LogP contribution in [0.4, 0.5) is 5.13 Å². The van der Waals surface area contributed by atoms with E-state index < -0.39 is 0 Å². The summed E-state index contributed by atoms with van der Waals surface area (Å²) in [5.41, 5.74) is 6.72. The van der Waals surface area contributed by atoms with Gasteiger partial charge in [-0.25, -0.2) is 9.97 Å². The second kappa shape index (κ2) is 5.28. The first-order chi connectivity index (χ1) is 9.31. The van der Waals surface area contributed by atoms with Crippen LogP contribution in [-0.2, 0) is 31.0 Å². The van der Waals surface area contributed by atoms with Crippen molar-refractivity contribution in [3.63, 3.8) is 0 Å². The predicted molar refractivity (Wildman–Crippen MR) is 74.0 cm³/mol. The highest BCUT2D eigenvalue weighted by atomic mass is 32.1. The molecular formula is C12H17N5OS. The SMILES string of the molecule is COCc1nc(N2CCn3ccnc3C2)sc1CN. The summed E-state index contributed by atoms with van der Waals surface area (Å²) in [4.78, 5) is 12.4. The Hall–Kier alpha value is -1.44. The first-order valence-electron chi connectivity index (χ1n) is 6.24. The molecule has 2 N–H and O–H groups in total. The van der Waals surface area contributed by atoms with Gasteiger partial charge in [-0.1, -0.05) is 0 Å². The van der Waals surface area contributed by atoms with Crippen molar-refractivity contribution in [2.24, 2.45) is 5.73 Å². The van der Waals surface area contributed by atoms with Gasteiger partial charge in [-0.2, -0.15) is 0 Å². The predicted octanol–water partition coefficient (Wildman–Crippen LogP) is 0.965. The third-order valence-corrected chi connectivity index (χ3v) is 4.43. The molecule has 0 radical (unpaired) electrons. The lowest BCUT2D eigenvalue weighted by molar-refractivity contribution is 0.181. The highest BCUT2D eigenvalue weighted by molar-refractivity contribution is 7.15. The number of anilines is 1. The van der Waals surface area contributed by atoms with Crippen LogP contribution in [0.5, 0.6) is 0 Å². The molecule has 3 heterocycles. The van der Waals surface area contributed by atoms with Gasteiger partial charge >= 0.3 is 0 Å². The van der Waals surface area contributed by atoms with Crippen LogP contribution in [0.3, 0.4) is 0 Å². The lowest BCUT2D eigenvalue weighted by Crippen LogP contribution is -2.33. The van der Waals surface area contributed by atoms with Gasteiger partial charge in [0.05, 0.1) is 18.8 Å². The van der Waals surface area contributed by atoms with Gasteiger partial charge in [-0.3, -0.25) is 0 Å². The number of ether oxygens (including phenoxy) is 1.